The number of nitrogens with zero attached hydrogens (tertiary/aromatic N) is 2. The van der Waals surface area contributed by atoms with E-state index in [4.69, 9.17) is 16.2 Å². The van der Waals surface area contributed by atoms with Gasteiger partial charge < -0.3 is 0 Å². The van der Waals surface area contributed by atoms with Crippen molar-refractivity contribution in [2.75, 3.05) is 0 Å². The van der Waals surface area contributed by atoms with Crippen molar-refractivity contribution in [2.45, 2.75) is 31.6 Å². The molecule has 3 rings (SSSR count). The van der Waals surface area contributed by atoms with Gasteiger partial charge in [-0.25, -0.2) is 4.98 Å². The predicted octanol–water partition coefficient (Wildman–Crippen LogP) is 4.57. The number of halogens is 1. The van der Waals surface area contributed by atoms with Gasteiger partial charge in [-0.3, -0.25) is 9.54 Å². The van der Waals surface area contributed by atoms with Crippen LogP contribution in [0.5, 0.6) is 0 Å². The zero-order chi connectivity index (χ0) is 18.9. The lowest BCUT2D eigenvalue weighted by Gasteiger charge is -2.05. The number of hydrogen-bond acceptors (Lipinski definition) is 5. The summed E-state index contributed by atoms with van der Waals surface area (Å²) < 4.78 is 31.5. The van der Waals surface area contributed by atoms with Crippen molar-refractivity contribution in [1.82, 2.24) is 9.97 Å². The van der Waals surface area contributed by atoms with E-state index in [1.54, 1.807) is 23.6 Å². The van der Waals surface area contributed by atoms with Crippen LogP contribution in [0.15, 0.2) is 41.4 Å². The molecule has 1 N–H and O–H groups in total. The Bertz CT molecular complexity index is 1060. The fourth-order valence-corrected chi connectivity index (χ4v) is 4.43. The van der Waals surface area contributed by atoms with Crippen LogP contribution in [0.25, 0.3) is 10.6 Å². The van der Waals surface area contributed by atoms with Gasteiger partial charge in [0.15, 0.2) is 0 Å². The molecule has 0 bridgehead atoms. The third-order valence-corrected chi connectivity index (χ3v) is 6.40. The fraction of sp³-hybridized carbons (Fsp3) is 0.222. The molecule has 0 aliphatic carbocycles. The maximum atomic E-state index is 11.2. The van der Waals surface area contributed by atoms with E-state index in [2.05, 4.69) is 16.9 Å². The second-order valence-electron chi connectivity index (χ2n) is 5.82. The molecule has 0 unspecified atom stereocenters. The highest BCUT2D eigenvalue weighted by Crippen LogP contribution is 2.31. The van der Waals surface area contributed by atoms with E-state index in [-0.39, 0.29) is 4.90 Å². The van der Waals surface area contributed by atoms with Crippen LogP contribution in [0.4, 0.5) is 0 Å². The summed E-state index contributed by atoms with van der Waals surface area (Å²) in [5.74, 6) is 0. The van der Waals surface area contributed by atoms with Crippen molar-refractivity contribution >= 4 is 33.1 Å². The summed E-state index contributed by atoms with van der Waals surface area (Å²) in [6.07, 6.45) is 3.19. The minimum absolute atomic E-state index is 0.211. The Morgan fingerprint density at radius 2 is 2.00 bits per heavy atom. The highest BCUT2D eigenvalue weighted by atomic mass is 35.5. The van der Waals surface area contributed by atoms with Crippen molar-refractivity contribution in [3.05, 3.63) is 63.4 Å². The molecule has 3 aromatic rings. The maximum absolute atomic E-state index is 11.2. The molecule has 0 aliphatic heterocycles. The van der Waals surface area contributed by atoms with Crippen molar-refractivity contribution in [2.24, 2.45) is 0 Å². The third-order valence-electron chi connectivity index (χ3n) is 3.99. The van der Waals surface area contributed by atoms with Gasteiger partial charge in [-0.2, -0.15) is 8.42 Å². The van der Waals surface area contributed by atoms with Crippen LogP contribution >= 0.6 is 22.9 Å². The summed E-state index contributed by atoms with van der Waals surface area (Å²) >= 11 is 7.78. The zero-order valence-electron chi connectivity index (χ0n) is 14.2. The van der Waals surface area contributed by atoms with Gasteiger partial charge in [-0.1, -0.05) is 24.6 Å². The number of hydrogen-bond donors (Lipinski definition) is 1. The van der Waals surface area contributed by atoms with Crippen LogP contribution in [0, 0.1) is 6.92 Å². The molecule has 0 radical (unpaired) electrons. The Labute approximate surface area is 161 Å². The largest absolute Gasteiger partial charge is 0.294 e. The maximum Gasteiger partial charge on any atom is 0.294 e. The highest BCUT2D eigenvalue weighted by molar-refractivity contribution is 7.85. The molecule has 136 valence electrons. The quantitative estimate of drug-likeness (QED) is 0.625. The van der Waals surface area contributed by atoms with Crippen LogP contribution in [0.1, 0.15) is 28.8 Å². The third kappa shape index (κ3) is 4.12. The van der Waals surface area contributed by atoms with E-state index in [0.29, 0.717) is 11.4 Å². The van der Waals surface area contributed by atoms with Crippen LogP contribution in [-0.4, -0.2) is 22.9 Å². The van der Waals surface area contributed by atoms with Gasteiger partial charge in [0, 0.05) is 33.8 Å². The molecule has 0 aliphatic rings. The Morgan fingerprint density at radius 1 is 1.23 bits per heavy atom. The lowest BCUT2D eigenvalue weighted by atomic mass is 10.1. The summed E-state index contributed by atoms with van der Waals surface area (Å²) in [4.78, 5) is 9.80. The van der Waals surface area contributed by atoms with Crippen LogP contribution in [0.2, 0.25) is 5.02 Å². The summed E-state index contributed by atoms with van der Waals surface area (Å²) in [5.41, 5.74) is 3.74. The Hall–Kier alpha value is -1.80. The SMILES string of the molecule is CCc1cc(-c2nc(C)c(Cc3ccc(S(=O)(=O)O)cc3Cl)s2)ccn1. The van der Waals surface area contributed by atoms with Crippen LogP contribution < -0.4 is 0 Å². The molecular weight excluding hydrogens is 392 g/mol. The van der Waals surface area contributed by atoms with E-state index < -0.39 is 10.1 Å². The van der Waals surface area contributed by atoms with Gasteiger partial charge in [-0.05, 0) is 43.2 Å². The van der Waals surface area contributed by atoms with E-state index >= 15 is 0 Å². The molecular formula is C18H17ClN2O3S2. The molecule has 2 aromatic heterocycles. The standard InChI is InChI=1S/C18H17ClN2O3S2/c1-3-14-8-13(6-7-20-14)18-21-11(2)17(25-18)9-12-4-5-15(10-16(12)19)26(22,23)24/h4-8,10H,3,9H2,1-2H3,(H,22,23,24). The van der Waals surface area contributed by atoms with Gasteiger partial charge >= 0.3 is 0 Å². The van der Waals surface area contributed by atoms with Crippen molar-refractivity contribution in [1.29, 1.82) is 0 Å². The average molecular weight is 409 g/mol. The fourth-order valence-electron chi connectivity index (χ4n) is 2.52. The molecule has 0 atom stereocenters. The molecule has 2 heterocycles. The molecule has 0 saturated carbocycles. The van der Waals surface area contributed by atoms with Crippen LogP contribution in [-0.2, 0) is 23.0 Å². The second-order valence-corrected chi connectivity index (χ2v) is 8.73. The first kappa shape index (κ1) is 19.0. The molecule has 1 aromatic carbocycles. The first-order chi connectivity index (χ1) is 12.3. The lowest BCUT2D eigenvalue weighted by molar-refractivity contribution is 0.483. The second kappa shape index (κ2) is 7.44. The van der Waals surface area contributed by atoms with Gasteiger partial charge in [0.05, 0.1) is 10.6 Å². The molecule has 8 heteroatoms. The monoisotopic (exact) mass is 408 g/mol. The van der Waals surface area contributed by atoms with E-state index in [1.165, 1.54) is 12.1 Å². The molecule has 0 saturated heterocycles. The minimum Gasteiger partial charge on any atom is -0.282 e. The van der Waals surface area contributed by atoms with Gasteiger partial charge in [0.2, 0.25) is 0 Å². The predicted molar refractivity (Wildman–Crippen MR) is 104 cm³/mol. The Kier molecular flexibility index (Phi) is 5.43. The molecule has 0 amide bonds. The zero-order valence-corrected chi connectivity index (χ0v) is 16.6. The van der Waals surface area contributed by atoms with Gasteiger partial charge in [0.1, 0.15) is 5.01 Å². The van der Waals surface area contributed by atoms with Crippen molar-refractivity contribution < 1.29 is 13.0 Å². The van der Waals surface area contributed by atoms with E-state index in [0.717, 1.165) is 38.8 Å². The molecule has 5 nitrogen and oxygen atoms in total. The molecule has 0 fully saturated rings. The summed E-state index contributed by atoms with van der Waals surface area (Å²) in [7, 11) is -4.26. The number of benzene rings is 1. The number of aromatic nitrogens is 2. The van der Waals surface area contributed by atoms with Crippen molar-refractivity contribution in [3.63, 3.8) is 0 Å². The summed E-state index contributed by atoms with van der Waals surface area (Å²) in [6, 6.07) is 8.21. The van der Waals surface area contributed by atoms with Crippen LogP contribution in [0.3, 0.4) is 0 Å². The molecule has 0 spiro atoms. The molecule has 26 heavy (non-hydrogen) atoms. The summed E-state index contributed by atoms with van der Waals surface area (Å²) in [5, 5.41) is 1.21. The summed E-state index contributed by atoms with van der Waals surface area (Å²) in [6.45, 7) is 4.00. The Morgan fingerprint density at radius 3 is 2.65 bits per heavy atom. The lowest BCUT2D eigenvalue weighted by Crippen LogP contribution is -1.99. The first-order valence-electron chi connectivity index (χ1n) is 7.95. The number of pyridine rings is 1. The Balaban J connectivity index is 1.91. The highest BCUT2D eigenvalue weighted by Gasteiger charge is 2.15. The van der Waals surface area contributed by atoms with Crippen molar-refractivity contribution in [3.8, 4) is 10.6 Å². The number of thiazole rings is 1. The van der Waals surface area contributed by atoms with Gasteiger partial charge in [0.25, 0.3) is 10.1 Å². The smallest absolute Gasteiger partial charge is 0.282 e. The average Bonchev–Trinajstić information content (AvgIpc) is 2.96. The number of rotatable bonds is 5. The normalized spacial score (nSPS) is 11.7. The number of aryl methyl sites for hydroxylation is 2. The first-order valence-corrected chi connectivity index (χ1v) is 10.6. The minimum atomic E-state index is -4.26. The van der Waals surface area contributed by atoms with E-state index in [9.17, 15) is 8.42 Å². The van der Waals surface area contributed by atoms with E-state index in [1.807, 2.05) is 19.1 Å². The van der Waals surface area contributed by atoms with Gasteiger partial charge in [-0.15, -0.1) is 11.3 Å². The topological polar surface area (TPSA) is 80.2 Å².